The molecular weight excluding hydrogens is 214 g/mol. The Morgan fingerprint density at radius 3 is 2.41 bits per heavy atom. The summed E-state index contributed by atoms with van der Waals surface area (Å²) in [6.07, 6.45) is 8.99. The van der Waals surface area contributed by atoms with E-state index in [0.717, 1.165) is 37.8 Å². The van der Waals surface area contributed by atoms with Gasteiger partial charge in [0.2, 0.25) is 0 Å². The number of hydrogen-bond acceptors (Lipinski definition) is 2. The smallest absolute Gasteiger partial charge is 0.303 e. The summed E-state index contributed by atoms with van der Waals surface area (Å²) in [5.74, 6) is 1.15. The van der Waals surface area contributed by atoms with Crippen LogP contribution >= 0.6 is 0 Å². The summed E-state index contributed by atoms with van der Waals surface area (Å²) in [6, 6.07) is 0. The summed E-state index contributed by atoms with van der Waals surface area (Å²) in [4.78, 5) is 10.3. The van der Waals surface area contributed by atoms with Gasteiger partial charge in [0, 0.05) is 6.42 Å². The SMILES string of the molecule is CCC1CCC(CNCCCCC(=O)O)CC1. The van der Waals surface area contributed by atoms with E-state index in [1.54, 1.807) is 0 Å². The third-order valence-electron chi connectivity index (χ3n) is 3.97. The van der Waals surface area contributed by atoms with Gasteiger partial charge in [0.05, 0.1) is 0 Å². The highest BCUT2D eigenvalue weighted by atomic mass is 16.4. The van der Waals surface area contributed by atoms with Gasteiger partial charge < -0.3 is 10.4 Å². The van der Waals surface area contributed by atoms with Crippen molar-refractivity contribution in [3.63, 3.8) is 0 Å². The van der Waals surface area contributed by atoms with Crippen molar-refractivity contribution in [1.82, 2.24) is 5.32 Å². The minimum atomic E-state index is -0.678. The molecule has 0 heterocycles. The van der Waals surface area contributed by atoms with E-state index in [1.165, 1.54) is 32.1 Å². The fourth-order valence-corrected chi connectivity index (χ4v) is 2.68. The molecule has 17 heavy (non-hydrogen) atoms. The molecule has 0 spiro atoms. The molecule has 0 radical (unpaired) electrons. The number of carbonyl (C=O) groups is 1. The van der Waals surface area contributed by atoms with E-state index in [9.17, 15) is 4.79 Å². The molecule has 3 heteroatoms. The molecule has 0 aromatic rings. The molecule has 0 amide bonds. The summed E-state index contributed by atoms with van der Waals surface area (Å²) in [6.45, 7) is 4.40. The monoisotopic (exact) mass is 241 g/mol. The van der Waals surface area contributed by atoms with Gasteiger partial charge >= 0.3 is 5.97 Å². The zero-order valence-electron chi connectivity index (χ0n) is 11.1. The molecule has 1 saturated carbocycles. The predicted molar refractivity (Wildman–Crippen MR) is 70.1 cm³/mol. The van der Waals surface area contributed by atoms with E-state index in [1.807, 2.05) is 0 Å². The van der Waals surface area contributed by atoms with Crippen LogP contribution in [0.25, 0.3) is 0 Å². The normalized spacial score (nSPS) is 24.8. The lowest BCUT2D eigenvalue weighted by Gasteiger charge is -2.27. The molecule has 1 aliphatic carbocycles. The standard InChI is InChI=1S/C14H27NO2/c1-2-12-6-8-13(9-7-12)11-15-10-4-3-5-14(16)17/h12-13,15H,2-11H2,1H3,(H,16,17). The van der Waals surface area contributed by atoms with Crippen molar-refractivity contribution in [2.45, 2.75) is 58.3 Å². The van der Waals surface area contributed by atoms with Gasteiger partial charge in [-0.25, -0.2) is 0 Å². The molecular formula is C14H27NO2. The fourth-order valence-electron chi connectivity index (χ4n) is 2.68. The van der Waals surface area contributed by atoms with Crippen LogP contribution in [0.5, 0.6) is 0 Å². The molecule has 0 aromatic heterocycles. The molecule has 3 nitrogen and oxygen atoms in total. The van der Waals surface area contributed by atoms with Gasteiger partial charge in [-0.3, -0.25) is 4.79 Å². The summed E-state index contributed by atoms with van der Waals surface area (Å²) >= 11 is 0. The lowest BCUT2D eigenvalue weighted by atomic mass is 9.81. The van der Waals surface area contributed by atoms with Crippen molar-refractivity contribution >= 4 is 5.97 Å². The van der Waals surface area contributed by atoms with Crippen molar-refractivity contribution in [2.75, 3.05) is 13.1 Å². The maximum absolute atomic E-state index is 10.3. The summed E-state index contributed by atoms with van der Waals surface area (Å²) in [5.41, 5.74) is 0. The first kappa shape index (κ1) is 14.5. The van der Waals surface area contributed by atoms with E-state index >= 15 is 0 Å². The Kier molecular flexibility index (Phi) is 7.25. The van der Waals surface area contributed by atoms with Crippen LogP contribution in [0.4, 0.5) is 0 Å². The van der Waals surface area contributed by atoms with Crippen molar-refractivity contribution in [3.05, 3.63) is 0 Å². The van der Waals surface area contributed by atoms with Crippen LogP contribution < -0.4 is 5.32 Å². The quantitative estimate of drug-likeness (QED) is 0.642. The van der Waals surface area contributed by atoms with Crippen LogP contribution in [0.1, 0.15) is 58.3 Å². The Hall–Kier alpha value is -0.570. The van der Waals surface area contributed by atoms with Gasteiger partial charge in [-0.2, -0.15) is 0 Å². The lowest BCUT2D eigenvalue weighted by molar-refractivity contribution is -0.137. The van der Waals surface area contributed by atoms with Crippen molar-refractivity contribution in [1.29, 1.82) is 0 Å². The van der Waals surface area contributed by atoms with Crippen LogP contribution in [0.3, 0.4) is 0 Å². The Balaban J connectivity index is 1.91. The van der Waals surface area contributed by atoms with Gasteiger partial charge in [-0.05, 0) is 50.6 Å². The van der Waals surface area contributed by atoms with Crippen molar-refractivity contribution in [3.8, 4) is 0 Å². The van der Waals surface area contributed by atoms with E-state index in [2.05, 4.69) is 12.2 Å². The van der Waals surface area contributed by atoms with Crippen LogP contribution in [-0.2, 0) is 4.79 Å². The summed E-state index contributed by atoms with van der Waals surface area (Å²) in [5, 5.41) is 12.0. The van der Waals surface area contributed by atoms with Crippen molar-refractivity contribution < 1.29 is 9.90 Å². The lowest BCUT2D eigenvalue weighted by Crippen LogP contribution is -2.27. The van der Waals surface area contributed by atoms with Gasteiger partial charge in [-0.15, -0.1) is 0 Å². The van der Waals surface area contributed by atoms with Gasteiger partial charge in [0.15, 0.2) is 0 Å². The van der Waals surface area contributed by atoms with Crippen LogP contribution in [0, 0.1) is 11.8 Å². The summed E-state index contributed by atoms with van der Waals surface area (Å²) < 4.78 is 0. The first-order chi connectivity index (χ1) is 8.22. The molecule has 0 aromatic carbocycles. The topological polar surface area (TPSA) is 49.3 Å². The van der Waals surface area contributed by atoms with E-state index in [-0.39, 0.29) is 0 Å². The van der Waals surface area contributed by atoms with Crippen LogP contribution in [-0.4, -0.2) is 24.2 Å². The molecule has 1 rings (SSSR count). The molecule has 2 N–H and O–H groups in total. The number of rotatable bonds is 8. The molecule has 1 fully saturated rings. The Morgan fingerprint density at radius 1 is 1.18 bits per heavy atom. The average molecular weight is 241 g/mol. The zero-order valence-corrected chi connectivity index (χ0v) is 11.1. The van der Waals surface area contributed by atoms with Gasteiger partial charge in [-0.1, -0.05) is 26.2 Å². The Labute approximate surface area is 105 Å². The maximum Gasteiger partial charge on any atom is 0.303 e. The number of carboxylic acid groups (broad SMARTS) is 1. The zero-order chi connectivity index (χ0) is 12.5. The number of hydrogen-bond donors (Lipinski definition) is 2. The molecule has 1 aliphatic rings. The first-order valence-electron chi connectivity index (χ1n) is 7.14. The van der Waals surface area contributed by atoms with Gasteiger partial charge in [0.1, 0.15) is 0 Å². The van der Waals surface area contributed by atoms with Crippen molar-refractivity contribution in [2.24, 2.45) is 11.8 Å². The van der Waals surface area contributed by atoms with E-state index < -0.39 is 5.97 Å². The fraction of sp³-hybridized carbons (Fsp3) is 0.929. The largest absolute Gasteiger partial charge is 0.481 e. The second kappa shape index (κ2) is 8.51. The Bertz CT molecular complexity index is 210. The number of aliphatic carboxylic acids is 1. The second-order valence-corrected chi connectivity index (χ2v) is 5.35. The van der Waals surface area contributed by atoms with E-state index in [0.29, 0.717) is 6.42 Å². The predicted octanol–water partition coefficient (Wildman–Crippen LogP) is 3.05. The maximum atomic E-state index is 10.3. The summed E-state index contributed by atoms with van der Waals surface area (Å²) in [7, 11) is 0. The minimum absolute atomic E-state index is 0.309. The Morgan fingerprint density at radius 2 is 1.82 bits per heavy atom. The molecule has 0 aliphatic heterocycles. The molecule has 100 valence electrons. The highest BCUT2D eigenvalue weighted by Crippen LogP contribution is 2.29. The van der Waals surface area contributed by atoms with E-state index in [4.69, 9.17) is 5.11 Å². The third kappa shape index (κ3) is 6.67. The number of nitrogens with one attached hydrogen (secondary N) is 1. The average Bonchev–Trinajstić information content (AvgIpc) is 2.34. The number of carboxylic acids is 1. The number of unbranched alkanes of at least 4 members (excludes halogenated alkanes) is 1. The highest BCUT2D eigenvalue weighted by Gasteiger charge is 2.19. The molecule has 0 atom stereocenters. The van der Waals surface area contributed by atoms with Gasteiger partial charge in [0.25, 0.3) is 0 Å². The molecule has 0 bridgehead atoms. The molecule has 0 unspecified atom stereocenters. The van der Waals surface area contributed by atoms with Crippen LogP contribution in [0.2, 0.25) is 0 Å². The third-order valence-corrected chi connectivity index (χ3v) is 3.97. The minimum Gasteiger partial charge on any atom is -0.481 e. The molecule has 0 saturated heterocycles. The van der Waals surface area contributed by atoms with Crippen LogP contribution in [0.15, 0.2) is 0 Å². The second-order valence-electron chi connectivity index (χ2n) is 5.35. The first-order valence-corrected chi connectivity index (χ1v) is 7.14. The highest BCUT2D eigenvalue weighted by molar-refractivity contribution is 5.66.